The third-order valence-corrected chi connectivity index (χ3v) is 4.54. The van der Waals surface area contributed by atoms with Crippen LogP contribution in [0.4, 0.5) is 5.69 Å². The van der Waals surface area contributed by atoms with Gasteiger partial charge in [-0.1, -0.05) is 26.0 Å². The minimum atomic E-state index is 0.412. The van der Waals surface area contributed by atoms with Gasteiger partial charge in [-0.15, -0.1) is 0 Å². The molecule has 1 saturated heterocycles. The first-order valence-corrected chi connectivity index (χ1v) is 7.14. The van der Waals surface area contributed by atoms with E-state index in [2.05, 4.69) is 62.1 Å². The average molecular weight is 235 g/mol. The first-order chi connectivity index (χ1) is 7.58. The highest BCUT2D eigenvalue weighted by molar-refractivity contribution is 7.99. The lowest BCUT2D eigenvalue weighted by molar-refractivity contribution is 0.305. The second-order valence-electron chi connectivity index (χ2n) is 5.38. The molecule has 1 nitrogen and oxygen atoms in total. The Morgan fingerprint density at radius 1 is 1.38 bits per heavy atom. The molecular weight excluding hydrogens is 214 g/mol. The van der Waals surface area contributed by atoms with E-state index in [0.717, 1.165) is 0 Å². The number of nitrogens with one attached hydrogen (secondary N) is 1. The van der Waals surface area contributed by atoms with Crippen molar-refractivity contribution in [2.45, 2.75) is 33.2 Å². The van der Waals surface area contributed by atoms with Gasteiger partial charge < -0.3 is 5.32 Å². The smallest absolute Gasteiger partial charge is 0.0403 e. The lowest BCUT2D eigenvalue weighted by Crippen LogP contribution is -2.41. The zero-order chi connectivity index (χ0) is 11.6. The molecule has 0 saturated carbocycles. The molecule has 0 aromatic heterocycles. The van der Waals surface area contributed by atoms with Crippen LogP contribution in [0.15, 0.2) is 24.3 Å². The minimum absolute atomic E-state index is 0.412. The van der Waals surface area contributed by atoms with E-state index in [4.69, 9.17) is 0 Å². The van der Waals surface area contributed by atoms with Crippen LogP contribution in [-0.4, -0.2) is 17.5 Å². The SMILES string of the molecule is Cc1cccc(NC2CSCCC2(C)C)c1. The predicted molar refractivity (Wildman–Crippen MR) is 74.3 cm³/mol. The second-order valence-corrected chi connectivity index (χ2v) is 6.53. The Labute approximate surface area is 103 Å². The molecule has 1 heterocycles. The Morgan fingerprint density at radius 3 is 2.88 bits per heavy atom. The number of rotatable bonds is 2. The second kappa shape index (κ2) is 4.70. The molecule has 1 fully saturated rings. The van der Waals surface area contributed by atoms with Crippen molar-refractivity contribution in [1.82, 2.24) is 0 Å². The molecule has 1 aliphatic rings. The van der Waals surface area contributed by atoms with Crippen LogP contribution < -0.4 is 5.32 Å². The van der Waals surface area contributed by atoms with E-state index in [1.807, 2.05) is 0 Å². The molecule has 0 radical (unpaired) electrons. The molecule has 2 heteroatoms. The minimum Gasteiger partial charge on any atom is -0.381 e. The van der Waals surface area contributed by atoms with E-state index >= 15 is 0 Å². The molecule has 0 bridgehead atoms. The summed E-state index contributed by atoms with van der Waals surface area (Å²) in [5, 5.41) is 3.69. The van der Waals surface area contributed by atoms with Crippen molar-refractivity contribution >= 4 is 17.4 Å². The van der Waals surface area contributed by atoms with Crippen LogP contribution in [0.3, 0.4) is 0 Å². The van der Waals surface area contributed by atoms with Crippen molar-refractivity contribution in [3.8, 4) is 0 Å². The summed E-state index contributed by atoms with van der Waals surface area (Å²) < 4.78 is 0. The topological polar surface area (TPSA) is 12.0 Å². The molecule has 1 aliphatic heterocycles. The van der Waals surface area contributed by atoms with E-state index in [1.165, 1.54) is 29.2 Å². The van der Waals surface area contributed by atoms with Crippen LogP contribution >= 0.6 is 11.8 Å². The lowest BCUT2D eigenvalue weighted by Gasteiger charge is -2.39. The monoisotopic (exact) mass is 235 g/mol. The standard InChI is InChI=1S/C14H21NS/c1-11-5-4-6-12(9-11)15-13-10-16-8-7-14(13,2)3/h4-6,9,13,15H,7-8,10H2,1-3H3. The van der Waals surface area contributed by atoms with Crippen LogP contribution in [0.25, 0.3) is 0 Å². The molecule has 1 N–H and O–H groups in total. The van der Waals surface area contributed by atoms with E-state index in [0.29, 0.717) is 11.5 Å². The summed E-state index contributed by atoms with van der Waals surface area (Å²) in [6, 6.07) is 9.26. The van der Waals surface area contributed by atoms with Crippen molar-refractivity contribution in [2.75, 3.05) is 16.8 Å². The van der Waals surface area contributed by atoms with E-state index in [9.17, 15) is 0 Å². The summed E-state index contributed by atoms with van der Waals surface area (Å²) in [5.74, 6) is 2.53. The normalized spacial score (nSPS) is 24.1. The molecule has 88 valence electrons. The third kappa shape index (κ3) is 2.73. The Balaban J connectivity index is 2.08. The van der Waals surface area contributed by atoms with Gasteiger partial charge in [0.2, 0.25) is 0 Å². The quantitative estimate of drug-likeness (QED) is 0.833. The first-order valence-electron chi connectivity index (χ1n) is 5.99. The summed E-state index contributed by atoms with van der Waals surface area (Å²) in [7, 11) is 0. The van der Waals surface area contributed by atoms with Gasteiger partial charge in [-0.3, -0.25) is 0 Å². The number of aryl methyl sites for hydroxylation is 1. The van der Waals surface area contributed by atoms with Gasteiger partial charge in [0.05, 0.1) is 0 Å². The van der Waals surface area contributed by atoms with Crippen molar-refractivity contribution < 1.29 is 0 Å². The van der Waals surface area contributed by atoms with Gasteiger partial charge in [-0.05, 0) is 42.2 Å². The zero-order valence-corrected chi connectivity index (χ0v) is 11.2. The molecule has 1 unspecified atom stereocenters. The summed E-state index contributed by atoms with van der Waals surface area (Å²) >= 11 is 2.07. The highest BCUT2D eigenvalue weighted by Crippen LogP contribution is 2.35. The zero-order valence-electron chi connectivity index (χ0n) is 10.4. The first kappa shape index (κ1) is 11.8. The molecule has 1 atom stereocenters. The summed E-state index contributed by atoms with van der Waals surface area (Å²) in [4.78, 5) is 0. The van der Waals surface area contributed by atoms with Crippen molar-refractivity contribution in [3.63, 3.8) is 0 Å². The highest BCUT2D eigenvalue weighted by Gasteiger charge is 2.32. The van der Waals surface area contributed by atoms with Gasteiger partial charge in [0.15, 0.2) is 0 Å². The Morgan fingerprint density at radius 2 is 2.19 bits per heavy atom. The molecule has 1 aromatic rings. The van der Waals surface area contributed by atoms with Crippen molar-refractivity contribution in [2.24, 2.45) is 5.41 Å². The fourth-order valence-corrected chi connectivity index (χ4v) is 3.72. The summed E-state index contributed by atoms with van der Waals surface area (Å²) in [5.41, 5.74) is 3.00. The number of anilines is 1. The molecule has 0 amide bonds. The van der Waals surface area contributed by atoms with Crippen LogP contribution in [0.2, 0.25) is 0 Å². The Bertz CT molecular complexity index is 360. The molecule has 16 heavy (non-hydrogen) atoms. The fourth-order valence-electron chi connectivity index (χ4n) is 2.11. The van der Waals surface area contributed by atoms with Gasteiger partial charge >= 0.3 is 0 Å². The third-order valence-electron chi connectivity index (χ3n) is 3.48. The molecule has 0 aliphatic carbocycles. The van der Waals surface area contributed by atoms with Crippen LogP contribution in [0, 0.1) is 12.3 Å². The number of hydrogen-bond donors (Lipinski definition) is 1. The van der Waals surface area contributed by atoms with Crippen LogP contribution in [0.5, 0.6) is 0 Å². The largest absolute Gasteiger partial charge is 0.381 e. The fraction of sp³-hybridized carbons (Fsp3) is 0.571. The summed E-state index contributed by atoms with van der Waals surface area (Å²) in [6.45, 7) is 6.90. The van der Waals surface area contributed by atoms with Gasteiger partial charge in [0.1, 0.15) is 0 Å². The van der Waals surface area contributed by atoms with E-state index < -0.39 is 0 Å². The maximum Gasteiger partial charge on any atom is 0.0403 e. The number of hydrogen-bond acceptors (Lipinski definition) is 2. The van der Waals surface area contributed by atoms with Gasteiger partial charge in [0.25, 0.3) is 0 Å². The van der Waals surface area contributed by atoms with Crippen LogP contribution in [0.1, 0.15) is 25.8 Å². The predicted octanol–water partition coefficient (Wildman–Crippen LogP) is 3.94. The summed E-state index contributed by atoms with van der Waals surface area (Å²) in [6.07, 6.45) is 1.31. The van der Waals surface area contributed by atoms with Crippen molar-refractivity contribution in [1.29, 1.82) is 0 Å². The van der Waals surface area contributed by atoms with Crippen LogP contribution in [-0.2, 0) is 0 Å². The number of thioether (sulfide) groups is 1. The molecule has 2 rings (SSSR count). The lowest BCUT2D eigenvalue weighted by atomic mass is 9.82. The molecule has 0 spiro atoms. The highest BCUT2D eigenvalue weighted by atomic mass is 32.2. The van der Waals surface area contributed by atoms with Gasteiger partial charge in [0, 0.05) is 17.5 Å². The van der Waals surface area contributed by atoms with Gasteiger partial charge in [-0.25, -0.2) is 0 Å². The number of benzene rings is 1. The Hall–Kier alpha value is -0.630. The van der Waals surface area contributed by atoms with E-state index in [1.54, 1.807) is 0 Å². The molecule has 1 aromatic carbocycles. The average Bonchev–Trinajstić information content (AvgIpc) is 2.21. The Kier molecular flexibility index (Phi) is 3.48. The van der Waals surface area contributed by atoms with Gasteiger partial charge in [-0.2, -0.15) is 11.8 Å². The van der Waals surface area contributed by atoms with Crippen molar-refractivity contribution in [3.05, 3.63) is 29.8 Å². The maximum absolute atomic E-state index is 3.69. The van der Waals surface area contributed by atoms with E-state index in [-0.39, 0.29) is 0 Å². The molecular formula is C14H21NS. The maximum atomic E-state index is 3.69.